The molecule has 0 radical (unpaired) electrons. The van der Waals surface area contributed by atoms with Crippen molar-refractivity contribution < 1.29 is 4.79 Å². The fourth-order valence-electron chi connectivity index (χ4n) is 4.17. The molecule has 0 saturated carbocycles. The molecule has 30 heavy (non-hydrogen) atoms. The first-order valence-electron chi connectivity index (χ1n) is 9.96. The zero-order valence-corrected chi connectivity index (χ0v) is 18.1. The summed E-state index contributed by atoms with van der Waals surface area (Å²) in [5.41, 5.74) is 10.9. The molecule has 1 amide bonds. The molecule has 4 aromatic rings. The number of piperidine rings is 1. The lowest BCUT2D eigenvalue weighted by Crippen LogP contribution is -2.36. The number of halogens is 1. The third kappa shape index (κ3) is 3.11. The van der Waals surface area contributed by atoms with Crippen molar-refractivity contribution in [2.75, 3.05) is 18.8 Å². The van der Waals surface area contributed by atoms with E-state index in [0.29, 0.717) is 5.82 Å². The number of anilines is 1. The zero-order valence-electron chi connectivity index (χ0n) is 16.5. The van der Waals surface area contributed by atoms with Gasteiger partial charge >= 0.3 is 0 Å². The molecule has 152 valence electrons. The summed E-state index contributed by atoms with van der Waals surface area (Å²) in [5, 5.41) is 5.54. The molecule has 5 rings (SSSR count). The number of nitrogens with zero attached hydrogens (tertiary/aromatic N) is 5. The highest BCUT2D eigenvalue weighted by molar-refractivity contribution is 9.10. The van der Waals surface area contributed by atoms with Crippen LogP contribution in [0.3, 0.4) is 0 Å². The number of hydrogen-bond acceptors (Lipinski definition) is 5. The molecule has 0 spiro atoms. The second-order valence-electron chi connectivity index (χ2n) is 7.69. The number of nitrogen functional groups attached to an aromatic ring is 1. The molecule has 4 heterocycles. The largest absolute Gasteiger partial charge is 0.383 e. The van der Waals surface area contributed by atoms with Crippen LogP contribution in [-0.2, 0) is 4.79 Å². The molecule has 2 N–H and O–H groups in total. The number of likely N-dealkylation sites (tertiary alicyclic amines) is 1. The summed E-state index contributed by atoms with van der Waals surface area (Å²) in [5.74, 6) is 0.890. The number of fused-ring (bicyclic) bond motifs is 2. The first-order chi connectivity index (χ1) is 14.5. The van der Waals surface area contributed by atoms with Gasteiger partial charge in [-0.3, -0.25) is 9.78 Å². The van der Waals surface area contributed by atoms with E-state index in [1.807, 2.05) is 35.4 Å². The molecule has 0 aliphatic carbocycles. The Balaban J connectivity index is 1.59. The minimum atomic E-state index is 0.123. The SMILES string of the molecule is CC(=O)N1CCC(c2nc3c(-c4cnc5ccccc5c4)cnn3c(N)c2Br)CC1. The van der Waals surface area contributed by atoms with Crippen LogP contribution in [0, 0.1) is 0 Å². The summed E-state index contributed by atoms with van der Waals surface area (Å²) in [6.45, 7) is 3.09. The standard InChI is InChI=1S/C22H21BrN6O/c1-13(30)28-8-6-14(7-9-28)20-19(23)21(24)29-22(27-20)17(12-26-29)16-10-15-4-2-3-5-18(15)25-11-16/h2-5,10-12,14H,6-9,24H2,1H3. The highest BCUT2D eigenvalue weighted by Crippen LogP contribution is 2.37. The van der Waals surface area contributed by atoms with E-state index in [0.717, 1.165) is 63.8 Å². The maximum atomic E-state index is 11.7. The number of benzene rings is 1. The molecule has 1 fully saturated rings. The van der Waals surface area contributed by atoms with Gasteiger partial charge in [-0.1, -0.05) is 18.2 Å². The highest BCUT2D eigenvalue weighted by Gasteiger charge is 2.27. The van der Waals surface area contributed by atoms with Crippen molar-refractivity contribution in [1.29, 1.82) is 0 Å². The first kappa shape index (κ1) is 19.0. The minimum absolute atomic E-state index is 0.123. The Kier molecular flexibility index (Phi) is 4.66. The molecule has 8 heteroatoms. The number of para-hydroxylation sites is 1. The van der Waals surface area contributed by atoms with Crippen molar-refractivity contribution in [2.24, 2.45) is 0 Å². The normalized spacial score (nSPS) is 15.2. The van der Waals surface area contributed by atoms with E-state index in [4.69, 9.17) is 10.7 Å². The number of aromatic nitrogens is 4. The quantitative estimate of drug-likeness (QED) is 0.483. The van der Waals surface area contributed by atoms with Gasteiger partial charge in [0.05, 0.1) is 21.9 Å². The van der Waals surface area contributed by atoms with E-state index in [1.165, 1.54) is 0 Å². The maximum absolute atomic E-state index is 11.7. The number of pyridine rings is 1. The Labute approximate surface area is 182 Å². The summed E-state index contributed by atoms with van der Waals surface area (Å²) < 4.78 is 2.45. The Morgan fingerprint density at radius 1 is 1.20 bits per heavy atom. The molecular formula is C22H21BrN6O. The summed E-state index contributed by atoms with van der Waals surface area (Å²) in [6.07, 6.45) is 5.37. The fraction of sp³-hybridized carbons (Fsp3) is 0.273. The van der Waals surface area contributed by atoms with Crippen molar-refractivity contribution in [2.45, 2.75) is 25.7 Å². The molecule has 3 aromatic heterocycles. The number of nitrogens with two attached hydrogens (primary N) is 1. The molecular weight excluding hydrogens is 444 g/mol. The average Bonchev–Trinajstić information content (AvgIpc) is 3.20. The number of carbonyl (C=O) groups is 1. The second kappa shape index (κ2) is 7.36. The number of amides is 1. The van der Waals surface area contributed by atoms with Gasteiger partial charge < -0.3 is 10.6 Å². The van der Waals surface area contributed by atoms with Crippen LogP contribution in [0.15, 0.2) is 47.2 Å². The predicted octanol–water partition coefficient (Wildman–Crippen LogP) is 4.02. The Hall–Kier alpha value is -3.00. The summed E-state index contributed by atoms with van der Waals surface area (Å²) >= 11 is 3.64. The number of hydrogen-bond donors (Lipinski definition) is 1. The van der Waals surface area contributed by atoms with Crippen LogP contribution < -0.4 is 5.73 Å². The van der Waals surface area contributed by atoms with Gasteiger partial charge in [0, 0.05) is 48.6 Å². The van der Waals surface area contributed by atoms with Crippen LogP contribution in [0.4, 0.5) is 5.82 Å². The van der Waals surface area contributed by atoms with Gasteiger partial charge in [0.1, 0.15) is 5.82 Å². The smallest absolute Gasteiger partial charge is 0.219 e. The fourth-order valence-corrected chi connectivity index (χ4v) is 4.75. The van der Waals surface area contributed by atoms with Crippen LogP contribution >= 0.6 is 15.9 Å². The van der Waals surface area contributed by atoms with E-state index >= 15 is 0 Å². The van der Waals surface area contributed by atoms with Gasteiger partial charge in [-0.15, -0.1) is 0 Å². The Morgan fingerprint density at radius 2 is 1.97 bits per heavy atom. The summed E-state index contributed by atoms with van der Waals surface area (Å²) in [7, 11) is 0. The lowest BCUT2D eigenvalue weighted by Gasteiger charge is -2.31. The van der Waals surface area contributed by atoms with E-state index in [2.05, 4.69) is 32.1 Å². The molecule has 1 saturated heterocycles. The van der Waals surface area contributed by atoms with Gasteiger partial charge in [-0.2, -0.15) is 9.61 Å². The minimum Gasteiger partial charge on any atom is -0.383 e. The van der Waals surface area contributed by atoms with Crippen molar-refractivity contribution in [3.8, 4) is 11.1 Å². The predicted molar refractivity (Wildman–Crippen MR) is 120 cm³/mol. The lowest BCUT2D eigenvalue weighted by atomic mass is 9.93. The van der Waals surface area contributed by atoms with Gasteiger partial charge in [0.15, 0.2) is 5.65 Å². The first-order valence-corrected chi connectivity index (χ1v) is 10.8. The number of carbonyl (C=O) groups excluding carboxylic acids is 1. The van der Waals surface area contributed by atoms with Crippen LogP contribution in [0.5, 0.6) is 0 Å². The van der Waals surface area contributed by atoms with Crippen molar-refractivity contribution >= 4 is 44.2 Å². The molecule has 1 aliphatic heterocycles. The van der Waals surface area contributed by atoms with E-state index < -0.39 is 0 Å². The number of rotatable bonds is 2. The zero-order chi connectivity index (χ0) is 20.8. The Morgan fingerprint density at radius 3 is 2.73 bits per heavy atom. The lowest BCUT2D eigenvalue weighted by molar-refractivity contribution is -0.129. The van der Waals surface area contributed by atoms with E-state index in [9.17, 15) is 4.79 Å². The molecule has 0 unspecified atom stereocenters. The van der Waals surface area contributed by atoms with Gasteiger partial charge in [0.2, 0.25) is 5.91 Å². The van der Waals surface area contributed by atoms with Crippen molar-refractivity contribution in [1.82, 2.24) is 24.5 Å². The molecule has 1 aliphatic rings. The summed E-state index contributed by atoms with van der Waals surface area (Å²) in [6, 6.07) is 10.1. The van der Waals surface area contributed by atoms with E-state index in [1.54, 1.807) is 17.6 Å². The topological polar surface area (TPSA) is 89.4 Å². The van der Waals surface area contributed by atoms with Crippen molar-refractivity contribution in [3.63, 3.8) is 0 Å². The average molecular weight is 465 g/mol. The molecule has 1 aromatic carbocycles. The molecule has 0 bridgehead atoms. The van der Waals surface area contributed by atoms with E-state index in [-0.39, 0.29) is 11.8 Å². The third-order valence-corrected chi connectivity index (χ3v) is 6.69. The monoisotopic (exact) mass is 464 g/mol. The van der Waals surface area contributed by atoms with Gasteiger partial charge in [-0.25, -0.2) is 4.98 Å². The van der Waals surface area contributed by atoms with Gasteiger partial charge in [0.25, 0.3) is 0 Å². The highest BCUT2D eigenvalue weighted by atomic mass is 79.9. The van der Waals surface area contributed by atoms with Crippen LogP contribution in [0.2, 0.25) is 0 Å². The van der Waals surface area contributed by atoms with Crippen LogP contribution in [-0.4, -0.2) is 43.5 Å². The second-order valence-corrected chi connectivity index (χ2v) is 8.48. The maximum Gasteiger partial charge on any atom is 0.219 e. The third-order valence-electron chi connectivity index (χ3n) is 5.88. The molecule has 0 atom stereocenters. The van der Waals surface area contributed by atoms with Crippen LogP contribution in [0.25, 0.3) is 27.7 Å². The van der Waals surface area contributed by atoms with Crippen LogP contribution in [0.1, 0.15) is 31.4 Å². The van der Waals surface area contributed by atoms with Gasteiger partial charge in [-0.05, 0) is 40.9 Å². The Bertz CT molecular complexity index is 1280. The summed E-state index contributed by atoms with van der Waals surface area (Å²) in [4.78, 5) is 23.1. The molecule has 7 nitrogen and oxygen atoms in total. The van der Waals surface area contributed by atoms with Crippen molar-refractivity contribution in [3.05, 3.63) is 52.9 Å².